The van der Waals surface area contributed by atoms with Crippen LogP contribution in [0.1, 0.15) is 5.56 Å². The highest BCUT2D eigenvalue weighted by atomic mass is 19.2. The Morgan fingerprint density at radius 2 is 1.89 bits per heavy atom. The Hall–Kier alpha value is -2.30. The van der Waals surface area contributed by atoms with Gasteiger partial charge in [0.1, 0.15) is 17.2 Å². The van der Waals surface area contributed by atoms with Gasteiger partial charge in [-0.3, -0.25) is 0 Å². The molecule has 0 radical (unpaired) electrons. The summed E-state index contributed by atoms with van der Waals surface area (Å²) >= 11 is 0. The molecule has 2 aromatic carbocycles. The lowest BCUT2D eigenvalue weighted by Crippen LogP contribution is -1.93. The topological polar surface area (TPSA) is 44.5 Å². The van der Waals surface area contributed by atoms with Crippen LogP contribution in [0.4, 0.5) is 14.5 Å². The van der Waals surface area contributed by atoms with E-state index in [1.54, 1.807) is 12.1 Å². The van der Waals surface area contributed by atoms with Gasteiger partial charge < -0.3 is 15.2 Å². The number of nitrogens with two attached hydrogens (primary N) is 1. The highest BCUT2D eigenvalue weighted by Gasteiger charge is 2.17. The SMILES string of the molecule is Nc1cc(Oc2ccc(F)c(F)c2)cc2c1OCC2. The van der Waals surface area contributed by atoms with Crippen molar-refractivity contribution in [3.05, 3.63) is 47.5 Å². The van der Waals surface area contributed by atoms with Gasteiger partial charge in [-0.05, 0) is 18.2 Å². The van der Waals surface area contributed by atoms with Gasteiger partial charge in [0, 0.05) is 24.1 Å². The fourth-order valence-electron chi connectivity index (χ4n) is 2.04. The lowest BCUT2D eigenvalue weighted by molar-refractivity contribution is 0.358. The summed E-state index contributed by atoms with van der Waals surface area (Å²) < 4.78 is 36.8. The zero-order valence-corrected chi connectivity index (χ0v) is 9.95. The molecule has 0 aliphatic carbocycles. The van der Waals surface area contributed by atoms with Crippen LogP contribution in [0.2, 0.25) is 0 Å². The second-order valence-electron chi connectivity index (χ2n) is 4.28. The van der Waals surface area contributed by atoms with Gasteiger partial charge in [-0.25, -0.2) is 8.78 Å². The molecule has 0 fully saturated rings. The Morgan fingerprint density at radius 1 is 1.05 bits per heavy atom. The molecule has 1 aliphatic heterocycles. The van der Waals surface area contributed by atoms with E-state index in [0.717, 1.165) is 24.1 Å². The van der Waals surface area contributed by atoms with E-state index in [2.05, 4.69) is 0 Å². The molecule has 0 amide bonds. The second kappa shape index (κ2) is 4.42. The summed E-state index contributed by atoms with van der Waals surface area (Å²) in [6, 6.07) is 6.77. The molecule has 0 saturated heterocycles. The number of fused-ring (bicyclic) bond motifs is 1. The van der Waals surface area contributed by atoms with Gasteiger partial charge in [0.05, 0.1) is 12.3 Å². The van der Waals surface area contributed by atoms with Crippen molar-refractivity contribution in [2.24, 2.45) is 0 Å². The number of hydrogen-bond donors (Lipinski definition) is 1. The number of nitrogen functional groups attached to an aromatic ring is 1. The molecule has 0 spiro atoms. The molecular weight excluding hydrogens is 252 g/mol. The van der Waals surface area contributed by atoms with E-state index in [9.17, 15) is 8.78 Å². The molecule has 1 heterocycles. The predicted octanol–water partition coefficient (Wildman–Crippen LogP) is 3.27. The number of benzene rings is 2. The van der Waals surface area contributed by atoms with Crippen LogP contribution in [0.5, 0.6) is 17.2 Å². The molecular formula is C14H11F2NO2. The van der Waals surface area contributed by atoms with Gasteiger partial charge >= 0.3 is 0 Å². The minimum atomic E-state index is -0.949. The Kier molecular flexibility index (Phi) is 2.74. The summed E-state index contributed by atoms with van der Waals surface area (Å²) in [5.41, 5.74) is 7.28. The number of ether oxygens (including phenoxy) is 2. The molecule has 0 saturated carbocycles. The Bertz CT molecular complexity index is 644. The molecule has 3 rings (SSSR count). The smallest absolute Gasteiger partial charge is 0.162 e. The van der Waals surface area contributed by atoms with E-state index in [1.807, 2.05) is 0 Å². The average Bonchev–Trinajstić information content (AvgIpc) is 2.82. The summed E-state index contributed by atoms with van der Waals surface area (Å²) in [4.78, 5) is 0. The van der Waals surface area contributed by atoms with Crippen molar-refractivity contribution in [2.75, 3.05) is 12.3 Å². The molecule has 2 aromatic rings. The summed E-state index contributed by atoms with van der Waals surface area (Å²) in [5.74, 6) is -0.480. The van der Waals surface area contributed by atoms with E-state index in [4.69, 9.17) is 15.2 Å². The van der Waals surface area contributed by atoms with Crippen molar-refractivity contribution in [3.63, 3.8) is 0 Å². The van der Waals surface area contributed by atoms with E-state index in [0.29, 0.717) is 23.8 Å². The standard InChI is InChI=1S/C14H11F2NO2/c15-11-2-1-9(6-12(11)16)19-10-5-8-3-4-18-14(8)13(17)7-10/h1-2,5-7H,3-4,17H2. The molecule has 19 heavy (non-hydrogen) atoms. The normalized spacial score (nSPS) is 12.9. The van der Waals surface area contributed by atoms with Crippen molar-refractivity contribution in [1.29, 1.82) is 0 Å². The van der Waals surface area contributed by atoms with Crippen LogP contribution in [0.25, 0.3) is 0 Å². The maximum absolute atomic E-state index is 13.1. The van der Waals surface area contributed by atoms with Crippen molar-refractivity contribution < 1.29 is 18.3 Å². The van der Waals surface area contributed by atoms with Crippen molar-refractivity contribution in [3.8, 4) is 17.2 Å². The van der Waals surface area contributed by atoms with Crippen molar-refractivity contribution in [2.45, 2.75) is 6.42 Å². The number of halogens is 2. The van der Waals surface area contributed by atoms with Gasteiger partial charge in [0.25, 0.3) is 0 Å². The quantitative estimate of drug-likeness (QED) is 0.846. The number of hydrogen-bond acceptors (Lipinski definition) is 3. The molecule has 0 bridgehead atoms. The second-order valence-corrected chi connectivity index (χ2v) is 4.28. The molecule has 0 aromatic heterocycles. The maximum atomic E-state index is 13.1. The van der Waals surface area contributed by atoms with Gasteiger partial charge in [-0.15, -0.1) is 0 Å². The van der Waals surface area contributed by atoms with Gasteiger partial charge in [0.15, 0.2) is 11.6 Å². The fourth-order valence-corrected chi connectivity index (χ4v) is 2.04. The Balaban J connectivity index is 1.91. The van der Waals surface area contributed by atoms with Crippen LogP contribution < -0.4 is 15.2 Å². The van der Waals surface area contributed by atoms with Crippen LogP contribution in [0.3, 0.4) is 0 Å². The maximum Gasteiger partial charge on any atom is 0.162 e. The first-order chi connectivity index (χ1) is 9.13. The van der Waals surface area contributed by atoms with Crippen molar-refractivity contribution in [1.82, 2.24) is 0 Å². The first-order valence-electron chi connectivity index (χ1n) is 5.81. The molecule has 5 heteroatoms. The zero-order chi connectivity index (χ0) is 13.4. The molecule has 1 aliphatic rings. The highest BCUT2D eigenvalue weighted by molar-refractivity contribution is 5.62. The lowest BCUT2D eigenvalue weighted by atomic mass is 10.1. The zero-order valence-electron chi connectivity index (χ0n) is 9.95. The Labute approximate surface area is 108 Å². The third-order valence-corrected chi connectivity index (χ3v) is 2.91. The first kappa shape index (κ1) is 11.8. The summed E-state index contributed by atoms with van der Waals surface area (Å²) in [7, 11) is 0. The largest absolute Gasteiger partial charge is 0.491 e. The Morgan fingerprint density at radius 3 is 2.68 bits per heavy atom. The van der Waals surface area contributed by atoms with Gasteiger partial charge in [0.2, 0.25) is 0 Å². The summed E-state index contributed by atoms with van der Waals surface area (Å²) in [6.45, 7) is 0.591. The van der Waals surface area contributed by atoms with E-state index in [-0.39, 0.29) is 5.75 Å². The minimum Gasteiger partial charge on any atom is -0.491 e. The molecule has 0 unspecified atom stereocenters. The highest BCUT2D eigenvalue weighted by Crippen LogP contribution is 2.37. The fraction of sp³-hybridized carbons (Fsp3) is 0.143. The van der Waals surface area contributed by atoms with E-state index >= 15 is 0 Å². The van der Waals surface area contributed by atoms with Crippen LogP contribution in [0, 0.1) is 11.6 Å². The molecule has 3 nitrogen and oxygen atoms in total. The van der Waals surface area contributed by atoms with Gasteiger partial charge in [-0.2, -0.15) is 0 Å². The van der Waals surface area contributed by atoms with Crippen molar-refractivity contribution >= 4 is 5.69 Å². The van der Waals surface area contributed by atoms with Crippen LogP contribution in [0.15, 0.2) is 30.3 Å². The van der Waals surface area contributed by atoms with E-state index < -0.39 is 11.6 Å². The summed E-state index contributed by atoms with van der Waals surface area (Å²) in [6.07, 6.45) is 0.758. The third-order valence-electron chi connectivity index (χ3n) is 2.91. The minimum absolute atomic E-state index is 0.220. The molecule has 2 N–H and O–H groups in total. The lowest BCUT2D eigenvalue weighted by Gasteiger charge is -2.09. The summed E-state index contributed by atoms with van der Waals surface area (Å²) in [5, 5.41) is 0. The monoisotopic (exact) mass is 263 g/mol. The number of rotatable bonds is 2. The van der Waals surface area contributed by atoms with Crippen LogP contribution in [-0.2, 0) is 6.42 Å². The van der Waals surface area contributed by atoms with E-state index in [1.165, 1.54) is 6.07 Å². The van der Waals surface area contributed by atoms with Crippen LogP contribution in [-0.4, -0.2) is 6.61 Å². The van der Waals surface area contributed by atoms with Crippen LogP contribution >= 0.6 is 0 Å². The first-order valence-corrected chi connectivity index (χ1v) is 5.81. The van der Waals surface area contributed by atoms with Gasteiger partial charge in [-0.1, -0.05) is 0 Å². The average molecular weight is 263 g/mol. The molecule has 0 atom stereocenters. The predicted molar refractivity (Wildman–Crippen MR) is 66.5 cm³/mol. The number of anilines is 1. The molecule has 98 valence electrons. The third kappa shape index (κ3) is 2.19.